The molecule has 0 aliphatic rings. The number of hydrogen-bond donors (Lipinski definition) is 0. The van der Waals surface area contributed by atoms with E-state index < -0.39 is 12.1 Å². The van der Waals surface area contributed by atoms with Crippen molar-refractivity contribution < 1.29 is 19.1 Å². The van der Waals surface area contributed by atoms with Gasteiger partial charge in [0.15, 0.2) is 0 Å². The minimum absolute atomic E-state index is 0.267. The zero-order valence-electron chi connectivity index (χ0n) is 13.6. The summed E-state index contributed by atoms with van der Waals surface area (Å²) in [4.78, 5) is 25.3. The largest absolute Gasteiger partial charge is 0.464 e. The first-order chi connectivity index (χ1) is 9.29. The Labute approximate surface area is 122 Å². The van der Waals surface area contributed by atoms with Crippen LogP contribution in [0.5, 0.6) is 0 Å². The van der Waals surface area contributed by atoms with Gasteiger partial charge in [0.25, 0.3) is 0 Å². The number of ether oxygens (including phenoxy) is 2. The highest BCUT2D eigenvalue weighted by Crippen LogP contribution is 2.14. The molecule has 0 heterocycles. The van der Waals surface area contributed by atoms with Crippen LogP contribution in [0.15, 0.2) is 0 Å². The minimum Gasteiger partial charge on any atom is -0.464 e. The molecule has 0 fully saturated rings. The molecule has 0 radical (unpaired) electrons. The Kier molecular flexibility index (Phi) is 9.01. The van der Waals surface area contributed by atoms with Crippen LogP contribution in [-0.4, -0.2) is 43.3 Å². The van der Waals surface area contributed by atoms with Gasteiger partial charge in [-0.25, -0.2) is 9.59 Å². The van der Waals surface area contributed by atoms with E-state index in [-0.39, 0.29) is 17.8 Å². The third-order valence-corrected chi connectivity index (χ3v) is 2.71. The number of carbonyl (C=O) groups excluding carboxylic acids is 2. The van der Waals surface area contributed by atoms with Crippen molar-refractivity contribution in [2.45, 2.75) is 53.5 Å². The minimum atomic E-state index is -0.582. The van der Waals surface area contributed by atoms with Crippen molar-refractivity contribution in [2.24, 2.45) is 11.8 Å². The average molecular weight is 287 g/mol. The molecule has 0 bridgehead atoms. The van der Waals surface area contributed by atoms with E-state index in [2.05, 4.69) is 0 Å². The highest BCUT2D eigenvalue weighted by molar-refractivity contribution is 5.81. The molecule has 0 rings (SSSR count). The van der Waals surface area contributed by atoms with Crippen LogP contribution in [0.4, 0.5) is 4.79 Å². The molecule has 0 N–H and O–H groups in total. The van der Waals surface area contributed by atoms with Gasteiger partial charge in [-0.15, -0.1) is 0 Å². The highest BCUT2D eigenvalue weighted by Gasteiger charge is 2.29. The van der Waals surface area contributed by atoms with Crippen molar-refractivity contribution in [1.82, 2.24) is 4.90 Å². The first-order valence-corrected chi connectivity index (χ1v) is 7.35. The van der Waals surface area contributed by atoms with Gasteiger partial charge in [0.1, 0.15) is 6.04 Å². The predicted octanol–water partition coefficient (Wildman–Crippen LogP) is 3.08. The van der Waals surface area contributed by atoms with Crippen molar-refractivity contribution in [3.63, 3.8) is 0 Å². The van der Waals surface area contributed by atoms with Crippen LogP contribution in [0.2, 0.25) is 0 Å². The van der Waals surface area contributed by atoms with Crippen LogP contribution >= 0.6 is 0 Å². The fraction of sp³-hybridized carbons (Fsp3) is 0.867. The monoisotopic (exact) mass is 287 g/mol. The van der Waals surface area contributed by atoms with E-state index in [9.17, 15) is 9.59 Å². The van der Waals surface area contributed by atoms with Gasteiger partial charge in [-0.1, -0.05) is 34.6 Å². The Hall–Kier alpha value is -1.26. The van der Waals surface area contributed by atoms with E-state index in [4.69, 9.17) is 9.47 Å². The number of nitrogens with zero attached hydrogens (tertiary/aromatic N) is 1. The zero-order chi connectivity index (χ0) is 15.7. The van der Waals surface area contributed by atoms with Gasteiger partial charge >= 0.3 is 12.1 Å². The topological polar surface area (TPSA) is 55.8 Å². The Morgan fingerprint density at radius 3 is 2.10 bits per heavy atom. The maximum absolute atomic E-state index is 12.0. The lowest BCUT2D eigenvalue weighted by Gasteiger charge is -2.27. The molecule has 118 valence electrons. The Balaban J connectivity index is 4.65. The molecule has 0 aliphatic heterocycles. The summed E-state index contributed by atoms with van der Waals surface area (Å²) < 4.78 is 10.3. The predicted molar refractivity (Wildman–Crippen MR) is 78.4 cm³/mol. The van der Waals surface area contributed by atoms with Crippen molar-refractivity contribution in [2.75, 3.05) is 20.3 Å². The number of rotatable bonds is 8. The molecule has 5 nitrogen and oxygen atoms in total. The summed E-state index contributed by atoms with van der Waals surface area (Å²) in [6.07, 6.45) is 0.857. The van der Waals surface area contributed by atoms with E-state index in [1.807, 2.05) is 34.6 Å². The van der Waals surface area contributed by atoms with Crippen molar-refractivity contribution in [1.29, 1.82) is 0 Å². The molecule has 1 unspecified atom stereocenters. The van der Waals surface area contributed by atoms with Gasteiger partial charge < -0.3 is 9.47 Å². The van der Waals surface area contributed by atoms with E-state index in [0.717, 1.165) is 6.42 Å². The summed E-state index contributed by atoms with van der Waals surface area (Å²) in [5, 5.41) is 0. The number of hydrogen-bond acceptors (Lipinski definition) is 4. The first-order valence-electron chi connectivity index (χ1n) is 7.35. The molecular weight excluding hydrogens is 258 g/mol. The van der Waals surface area contributed by atoms with Crippen LogP contribution in [0, 0.1) is 11.8 Å². The molecule has 0 aromatic carbocycles. The number of esters is 1. The maximum Gasteiger partial charge on any atom is 0.410 e. The number of likely N-dealkylation sites (N-methyl/N-ethyl adjacent to an activating group) is 1. The van der Waals surface area contributed by atoms with Gasteiger partial charge in [0.2, 0.25) is 0 Å². The van der Waals surface area contributed by atoms with Crippen LogP contribution in [-0.2, 0) is 14.3 Å². The van der Waals surface area contributed by atoms with E-state index in [1.54, 1.807) is 7.05 Å². The zero-order valence-corrected chi connectivity index (χ0v) is 13.6. The molecular formula is C15H29NO4. The molecule has 0 saturated heterocycles. The van der Waals surface area contributed by atoms with E-state index >= 15 is 0 Å². The summed E-state index contributed by atoms with van der Waals surface area (Å²) in [6.45, 7) is 10.6. The Morgan fingerprint density at radius 2 is 1.65 bits per heavy atom. The summed E-state index contributed by atoms with van der Waals surface area (Å²) in [5.74, 6) is 0.196. The van der Waals surface area contributed by atoms with Gasteiger partial charge in [-0.3, -0.25) is 4.90 Å². The van der Waals surface area contributed by atoms with Crippen LogP contribution in [0.1, 0.15) is 47.5 Å². The molecule has 5 heteroatoms. The van der Waals surface area contributed by atoms with Crippen molar-refractivity contribution >= 4 is 12.1 Å². The lowest BCUT2D eigenvalue weighted by molar-refractivity contribution is -0.149. The Bertz CT molecular complexity index is 302. The fourth-order valence-corrected chi connectivity index (χ4v) is 1.62. The van der Waals surface area contributed by atoms with Gasteiger partial charge in [0, 0.05) is 7.05 Å². The van der Waals surface area contributed by atoms with Gasteiger partial charge in [0.05, 0.1) is 13.2 Å². The smallest absolute Gasteiger partial charge is 0.410 e. The second-order valence-electron chi connectivity index (χ2n) is 5.89. The average Bonchev–Trinajstić information content (AvgIpc) is 2.38. The second-order valence-corrected chi connectivity index (χ2v) is 5.89. The number of amides is 1. The summed E-state index contributed by atoms with van der Waals surface area (Å²) in [5.41, 5.74) is 0. The maximum atomic E-state index is 12.0. The summed E-state index contributed by atoms with van der Waals surface area (Å²) in [6, 6.07) is -0.582. The van der Waals surface area contributed by atoms with Gasteiger partial charge in [-0.05, 0) is 24.7 Å². The Morgan fingerprint density at radius 1 is 1.05 bits per heavy atom. The van der Waals surface area contributed by atoms with Gasteiger partial charge in [-0.2, -0.15) is 0 Å². The molecule has 0 aliphatic carbocycles. The van der Waals surface area contributed by atoms with Crippen LogP contribution < -0.4 is 0 Å². The normalized spacial score (nSPS) is 12.4. The third kappa shape index (κ3) is 7.36. The summed E-state index contributed by atoms with van der Waals surface area (Å²) in [7, 11) is 1.59. The fourth-order valence-electron chi connectivity index (χ4n) is 1.62. The van der Waals surface area contributed by atoms with Crippen LogP contribution in [0.25, 0.3) is 0 Å². The van der Waals surface area contributed by atoms with Crippen molar-refractivity contribution in [3.05, 3.63) is 0 Å². The quantitative estimate of drug-likeness (QED) is 0.644. The molecule has 1 atom stereocenters. The van der Waals surface area contributed by atoms with Crippen molar-refractivity contribution in [3.8, 4) is 0 Å². The number of carbonyl (C=O) groups is 2. The van der Waals surface area contributed by atoms with E-state index in [0.29, 0.717) is 19.6 Å². The first kappa shape index (κ1) is 18.7. The molecule has 0 spiro atoms. The lowest BCUT2D eigenvalue weighted by atomic mass is 10.0. The summed E-state index contributed by atoms with van der Waals surface area (Å²) >= 11 is 0. The lowest BCUT2D eigenvalue weighted by Crippen LogP contribution is -2.44. The third-order valence-electron chi connectivity index (χ3n) is 2.71. The second kappa shape index (κ2) is 9.61. The standard InChI is InChI=1S/C15H29NO4/c1-7-8-19-14(17)13(9-11(2)3)16(6)15(18)20-10-12(4)5/h11-13H,7-10H2,1-6H3. The molecule has 0 aromatic heterocycles. The SMILES string of the molecule is CCCOC(=O)C(CC(C)C)N(C)C(=O)OCC(C)C. The highest BCUT2D eigenvalue weighted by atomic mass is 16.6. The molecule has 0 aromatic rings. The van der Waals surface area contributed by atoms with Crippen LogP contribution in [0.3, 0.4) is 0 Å². The molecule has 20 heavy (non-hydrogen) atoms. The molecule has 0 saturated carbocycles. The van der Waals surface area contributed by atoms with E-state index in [1.165, 1.54) is 4.90 Å². The molecule has 1 amide bonds.